The summed E-state index contributed by atoms with van der Waals surface area (Å²) in [7, 11) is 1.47. The first-order valence-electron chi connectivity index (χ1n) is 13.3. The first-order chi connectivity index (χ1) is 16.5. The van der Waals surface area contributed by atoms with Crippen LogP contribution in [0.5, 0.6) is 0 Å². The number of unbranched alkanes of at least 4 members (excludes halogenated alkanes) is 9. The Kier molecular flexibility index (Phi) is 19.5. The average Bonchev–Trinajstić information content (AvgIpc) is 2.76. The zero-order valence-electron chi connectivity index (χ0n) is 22.8. The normalized spacial score (nSPS) is 14.3. The van der Waals surface area contributed by atoms with Crippen LogP contribution < -0.4 is 0 Å². The lowest BCUT2D eigenvalue weighted by Crippen LogP contribution is -2.37. The number of rotatable bonds is 23. The monoisotopic (exact) mass is 524 g/mol. The second-order valence-electron chi connectivity index (χ2n) is 10.1. The van der Waals surface area contributed by atoms with E-state index >= 15 is 0 Å². The van der Waals surface area contributed by atoms with Gasteiger partial charge in [0.05, 0.1) is 27.7 Å². The van der Waals surface area contributed by atoms with E-state index in [1.165, 1.54) is 44.9 Å². The predicted octanol–water partition coefficient (Wildman–Crippen LogP) is 5.39. The van der Waals surface area contributed by atoms with Crippen molar-refractivity contribution in [1.29, 1.82) is 0 Å². The van der Waals surface area contributed by atoms with E-state index in [1.807, 2.05) is 28.1 Å². The van der Waals surface area contributed by atoms with Crippen LogP contribution in [-0.4, -0.2) is 74.9 Å². The Morgan fingerprint density at radius 3 is 1.89 bits per heavy atom. The average molecular weight is 525 g/mol. The summed E-state index contributed by atoms with van der Waals surface area (Å²) in [4.78, 5) is 33.9. The van der Waals surface area contributed by atoms with Crippen molar-refractivity contribution in [1.82, 2.24) is 0 Å². The van der Waals surface area contributed by atoms with Gasteiger partial charge in [0.1, 0.15) is 19.8 Å². The van der Waals surface area contributed by atoms with Crippen molar-refractivity contribution in [3.8, 4) is 0 Å². The molecule has 0 amide bonds. The fourth-order valence-electron chi connectivity index (χ4n) is 3.22. The van der Waals surface area contributed by atoms with Gasteiger partial charge in [-0.1, -0.05) is 71.6 Å². The van der Waals surface area contributed by atoms with Crippen LogP contribution in [0.4, 0.5) is 0 Å². The quantitative estimate of drug-likeness (QED) is 0.0820. The summed E-state index contributed by atoms with van der Waals surface area (Å²) >= 11 is 0. The number of carbonyl (C=O) groups is 2. The van der Waals surface area contributed by atoms with Crippen molar-refractivity contribution in [2.24, 2.45) is 0 Å². The Morgan fingerprint density at radius 1 is 0.771 bits per heavy atom. The second-order valence-corrected chi connectivity index (χ2v) is 11.5. The molecular weight excluding hydrogens is 473 g/mol. The van der Waals surface area contributed by atoms with Crippen molar-refractivity contribution >= 4 is 19.8 Å². The number of ether oxygens (including phenoxy) is 2. The van der Waals surface area contributed by atoms with E-state index in [4.69, 9.17) is 18.5 Å². The van der Waals surface area contributed by atoms with E-state index in [1.54, 1.807) is 0 Å². The van der Waals surface area contributed by atoms with Crippen molar-refractivity contribution in [2.75, 3.05) is 47.5 Å². The Labute approximate surface area is 213 Å². The molecule has 1 unspecified atom stereocenters. The standard InChI is InChI=1S/C25H50NO8P/c1-6-8-9-10-11-12-13-14-15-16-18-24(27)31-21-23(34-25(28)17-7-2)22-33-35(29,30)32-20-19-26(3,4)5/h23H,6-22H2,1-5H3/p+1/t23-/m1/s1. The smallest absolute Gasteiger partial charge is 0.462 e. The molecule has 1 N–H and O–H groups in total. The zero-order chi connectivity index (χ0) is 26.6. The SMILES string of the molecule is CCCCCCCCCCCCC(=O)OC[C@H](COP(=O)(O)OCC[N+](C)(C)C)OC(=O)CCC. The van der Waals surface area contributed by atoms with Crippen LogP contribution in [0.3, 0.4) is 0 Å². The molecule has 0 heterocycles. The number of hydrogen-bond donors (Lipinski definition) is 1. The van der Waals surface area contributed by atoms with Crippen LogP contribution in [-0.2, 0) is 32.7 Å². The molecule has 0 aliphatic carbocycles. The lowest BCUT2D eigenvalue weighted by atomic mass is 10.1. The van der Waals surface area contributed by atoms with E-state index in [0.717, 1.165) is 19.3 Å². The molecule has 0 rings (SSSR count). The largest absolute Gasteiger partial charge is 0.472 e. The molecule has 0 fully saturated rings. The first-order valence-corrected chi connectivity index (χ1v) is 14.8. The Bertz CT molecular complexity index is 609. The molecule has 0 saturated heterocycles. The minimum atomic E-state index is -4.32. The third-order valence-electron chi connectivity index (χ3n) is 5.36. The number of likely N-dealkylation sites (N-methyl/N-ethyl adjacent to an activating group) is 1. The number of nitrogens with zero attached hydrogens (tertiary/aromatic N) is 1. The molecule has 2 atom stereocenters. The van der Waals surface area contributed by atoms with Gasteiger partial charge in [0.25, 0.3) is 0 Å². The van der Waals surface area contributed by atoms with Gasteiger partial charge in [-0.15, -0.1) is 0 Å². The van der Waals surface area contributed by atoms with Crippen molar-refractivity contribution in [3.63, 3.8) is 0 Å². The fourth-order valence-corrected chi connectivity index (χ4v) is 3.97. The lowest BCUT2D eigenvalue weighted by Gasteiger charge is -2.24. The van der Waals surface area contributed by atoms with E-state index < -0.39 is 26.5 Å². The van der Waals surface area contributed by atoms with Crippen LogP contribution in [0.15, 0.2) is 0 Å². The van der Waals surface area contributed by atoms with Crippen LogP contribution in [0, 0.1) is 0 Å². The highest BCUT2D eigenvalue weighted by molar-refractivity contribution is 7.47. The molecular formula is C25H51NO8P+. The number of phosphoric ester groups is 1. The van der Waals surface area contributed by atoms with Gasteiger partial charge < -0.3 is 18.9 Å². The van der Waals surface area contributed by atoms with Crippen LogP contribution in [0.2, 0.25) is 0 Å². The minimum Gasteiger partial charge on any atom is -0.462 e. The number of quaternary nitrogens is 1. The molecule has 0 spiro atoms. The van der Waals surface area contributed by atoms with E-state index in [2.05, 4.69) is 6.92 Å². The predicted molar refractivity (Wildman–Crippen MR) is 137 cm³/mol. The molecule has 0 radical (unpaired) electrons. The maximum absolute atomic E-state index is 12.1. The third kappa shape index (κ3) is 23.2. The van der Waals surface area contributed by atoms with Crippen molar-refractivity contribution in [3.05, 3.63) is 0 Å². The molecule has 0 bridgehead atoms. The summed E-state index contributed by atoms with van der Waals surface area (Å²) in [6, 6.07) is 0. The van der Waals surface area contributed by atoms with Gasteiger partial charge in [-0.05, 0) is 12.8 Å². The summed E-state index contributed by atoms with van der Waals surface area (Å²) in [5.41, 5.74) is 0. The van der Waals surface area contributed by atoms with Gasteiger partial charge in [-0.25, -0.2) is 4.57 Å². The Morgan fingerprint density at radius 2 is 1.34 bits per heavy atom. The van der Waals surface area contributed by atoms with Gasteiger partial charge in [-0.3, -0.25) is 18.6 Å². The maximum atomic E-state index is 12.1. The van der Waals surface area contributed by atoms with Crippen molar-refractivity contribution in [2.45, 2.75) is 103 Å². The molecule has 0 aliphatic rings. The highest BCUT2D eigenvalue weighted by atomic mass is 31.2. The molecule has 0 saturated carbocycles. The number of phosphoric acid groups is 1. The van der Waals surface area contributed by atoms with E-state index in [9.17, 15) is 19.0 Å². The molecule has 0 aliphatic heterocycles. The summed E-state index contributed by atoms with van der Waals surface area (Å²) in [5.74, 6) is -0.863. The maximum Gasteiger partial charge on any atom is 0.472 e. The van der Waals surface area contributed by atoms with Crippen molar-refractivity contribution < 1.29 is 42.1 Å². The number of hydrogen-bond acceptors (Lipinski definition) is 7. The molecule has 0 aromatic heterocycles. The number of carbonyl (C=O) groups excluding carboxylic acids is 2. The minimum absolute atomic E-state index is 0.0331. The van der Waals surface area contributed by atoms with Gasteiger partial charge in [0.15, 0.2) is 6.10 Å². The van der Waals surface area contributed by atoms with Gasteiger partial charge >= 0.3 is 19.8 Å². The molecule has 0 aromatic carbocycles. The lowest BCUT2D eigenvalue weighted by molar-refractivity contribution is -0.870. The van der Waals surface area contributed by atoms with Gasteiger partial charge in [0.2, 0.25) is 0 Å². The van der Waals surface area contributed by atoms with E-state index in [0.29, 0.717) is 23.9 Å². The first kappa shape index (κ1) is 34.0. The second kappa shape index (κ2) is 20.1. The molecule has 35 heavy (non-hydrogen) atoms. The Hall–Kier alpha value is -0.990. The van der Waals surface area contributed by atoms with Crippen LogP contribution in [0.1, 0.15) is 97.3 Å². The van der Waals surface area contributed by atoms with Crippen LogP contribution in [0.25, 0.3) is 0 Å². The van der Waals surface area contributed by atoms with Gasteiger partial charge in [0, 0.05) is 12.8 Å². The summed E-state index contributed by atoms with van der Waals surface area (Å²) in [6.07, 6.45) is 11.8. The fraction of sp³-hybridized carbons (Fsp3) is 0.920. The third-order valence-corrected chi connectivity index (χ3v) is 6.34. The van der Waals surface area contributed by atoms with Gasteiger partial charge in [-0.2, -0.15) is 0 Å². The topological polar surface area (TPSA) is 108 Å². The van der Waals surface area contributed by atoms with Crippen LogP contribution >= 0.6 is 7.82 Å². The Balaban J connectivity index is 4.28. The zero-order valence-corrected chi connectivity index (χ0v) is 23.7. The summed E-state index contributed by atoms with van der Waals surface area (Å²) in [5, 5.41) is 0. The molecule has 10 heteroatoms. The molecule has 208 valence electrons. The summed E-state index contributed by atoms with van der Waals surface area (Å²) < 4.78 is 33.2. The highest BCUT2D eigenvalue weighted by Crippen LogP contribution is 2.43. The molecule has 0 aromatic rings. The highest BCUT2D eigenvalue weighted by Gasteiger charge is 2.26. The van der Waals surface area contributed by atoms with E-state index in [-0.39, 0.29) is 25.6 Å². The number of esters is 2. The summed E-state index contributed by atoms with van der Waals surface area (Å²) in [6.45, 7) is 3.97. The molecule has 9 nitrogen and oxygen atoms in total.